The molecular formula is C17H22FN3O3S. The monoisotopic (exact) mass is 367 g/mol. The number of morpholine rings is 1. The molecule has 1 N–H and O–H groups in total. The molecule has 6 nitrogen and oxygen atoms in total. The molecule has 0 aliphatic carbocycles. The topological polar surface area (TPSA) is 63.6 Å². The van der Waals surface area contributed by atoms with Crippen LogP contribution in [0.1, 0.15) is 11.7 Å². The van der Waals surface area contributed by atoms with E-state index in [1.807, 2.05) is 29.9 Å². The van der Waals surface area contributed by atoms with Crippen LogP contribution < -0.4 is 4.72 Å². The average molecular weight is 367 g/mol. The molecule has 0 amide bonds. The number of hydrogen-bond donors (Lipinski definition) is 1. The lowest BCUT2D eigenvalue weighted by atomic mass is 10.1. The van der Waals surface area contributed by atoms with Gasteiger partial charge in [0.15, 0.2) is 0 Å². The molecule has 0 spiro atoms. The van der Waals surface area contributed by atoms with E-state index in [4.69, 9.17) is 4.74 Å². The number of halogens is 1. The van der Waals surface area contributed by atoms with Gasteiger partial charge in [-0.3, -0.25) is 4.90 Å². The summed E-state index contributed by atoms with van der Waals surface area (Å²) in [5.74, 6) is -0.464. The Morgan fingerprint density at radius 2 is 1.88 bits per heavy atom. The Balaban J connectivity index is 1.78. The second kappa shape index (κ2) is 7.65. The van der Waals surface area contributed by atoms with Crippen LogP contribution >= 0.6 is 0 Å². The van der Waals surface area contributed by atoms with Crippen molar-refractivity contribution in [2.24, 2.45) is 7.05 Å². The van der Waals surface area contributed by atoms with Gasteiger partial charge < -0.3 is 9.30 Å². The Morgan fingerprint density at radius 1 is 1.20 bits per heavy atom. The maximum atomic E-state index is 13.0. The zero-order valence-electron chi connectivity index (χ0n) is 14.1. The third-order valence-corrected chi connectivity index (χ3v) is 5.84. The van der Waals surface area contributed by atoms with Crippen LogP contribution in [0, 0.1) is 5.82 Å². The van der Waals surface area contributed by atoms with Crippen LogP contribution in [0.15, 0.2) is 47.5 Å². The number of nitrogens with one attached hydrogen (secondary N) is 1. The quantitative estimate of drug-likeness (QED) is 0.841. The summed E-state index contributed by atoms with van der Waals surface area (Å²) in [6.07, 6.45) is 1.94. The van der Waals surface area contributed by atoms with Crippen molar-refractivity contribution in [2.75, 3.05) is 32.8 Å². The number of rotatable bonds is 6. The fourth-order valence-corrected chi connectivity index (χ4v) is 4.05. The molecule has 8 heteroatoms. The fourth-order valence-electron chi connectivity index (χ4n) is 3.02. The first-order chi connectivity index (χ1) is 12.0. The van der Waals surface area contributed by atoms with Crippen molar-refractivity contribution in [2.45, 2.75) is 10.9 Å². The van der Waals surface area contributed by atoms with Gasteiger partial charge in [0.25, 0.3) is 0 Å². The number of aromatic nitrogens is 1. The Morgan fingerprint density at radius 3 is 2.48 bits per heavy atom. The standard InChI is InChI=1S/C17H22FN3O3S/c1-20-8-2-3-16(20)17(21-9-11-24-12-10-21)13-19-25(22,23)15-6-4-14(18)5-7-15/h2-8,17,19H,9-13H2,1H3. The van der Waals surface area contributed by atoms with Gasteiger partial charge in [-0.05, 0) is 36.4 Å². The predicted octanol–water partition coefficient (Wildman–Crippen LogP) is 1.52. The molecule has 3 rings (SSSR count). The van der Waals surface area contributed by atoms with Crippen LogP contribution in [0.4, 0.5) is 4.39 Å². The molecule has 1 atom stereocenters. The van der Waals surface area contributed by atoms with E-state index in [0.717, 1.165) is 30.9 Å². The van der Waals surface area contributed by atoms with E-state index in [0.29, 0.717) is 13.2 Å². The summed E-state index contributed by atoms with van der Waals surface area (Å²) < 4.78 is 48.1. The highest BCUT2D eigenvalue weighted by Crippen LogP contribution is 2.22. The van der Waals surface area contributed by atoms with Gasteiger partial charge in [0, 0.05) is 38.6 Å². The number of benzene rings is 1. The molecule has 25 heavy (non-hydrogen) atoms. The van der Waals surface area contributed by atoms with Gasteiger partial charge in [-0.25, -0.2) is 17.5 Å². The number of nitrogens with zero attached hydrogens (tertiary/aromatic N) is 2. The lowest BCUT2D eigenvalue weighted by molar-refractivity contribution is 0.0158. The van der Waals surface area contributed by atoms with Crippen LogP contribution in [0.3, 0.4) is 0 Å². The molecule has 1 saturated heterocycles. The van der Waals surface area contributed by atoms with Crippen molar-refractivity contribution in [3.63, 3.8) is 0 Å². The molecule has 1 fully saturated rings. The summed E-state index contributed by atoms with van der Waals surface area (Å²) in [7, 11) is -1.76. The Hall–Kier alpha value is -1.74. The summed E-state index contributed by atoms with van der Waals surface area (Å²) in [5, 5.41) is 0. The molecular weight excluding hydrogens is 345 g/mol. The Bertz CT molecular complexity index is 799. The number of hydrogen-bond acceptors (Lipinski definition) is 4. The SMILES string of the molecule is Cn1cccc1C(CNS(=O)(=O)c1ccc(F)cc1)N1CCOCC1. The van der Waals surface area contributed by atoms with E-state index in [-0.39, 0.29) is 17.5 Å². The maximum Gasteiger partial charge on any atom is 0.240 e. The Kier molecular flexibility index (Phi) is 5.53. The van der Waals surface area contributed by atoms with Crippen molar-refractivity contribution in [1.82, 2.24) is 14.2 Å². The van der Waals surface area contributed by atoms with Crippen LogP contribution in [-0.4, -0.2) is 50.7 Å². The molecule has 1 aliphatic heterocycles. The third kappa shape index (κ3) is 4.27. The second-order valence-corrected chi connectivity index (χ2v) is 7.78. The summed E-state index contributed by atoms with van der Waals surface area (Å²) in [6.45, 7) is 2.98. The van der Waals surface area contributed by atoms with Crippen molar-refractivity contribution in [1.29, 1.82) is 0 Å². The minimum Gasteiger partial charge on any atom is -0.379 e. The first kappa shape index (κ1) is 18.1. The first-order valence-electron chi connectivity index (χ1n) is 8.15. The third-order valence-electron chi connectivity index (χ3n) is 4.40. The van der Waals surface area contributed by atoms with E-state index >= 15 is 0 Å². The van der Waals surface area contributed by atoms with E-state index in [1.165, 1.54) is 12.1 Å². The molecule has 0 bridgehead atoms. The largest absolute Gasteiger partial charge is 0.379 e. The van der Waals surface area contributed by atoms with Crippen LogP contribution in [0.25, 0.3) is 0 Å². The van der Waals surface area contributed by atoms with Gasteiger partial charge in [0.1, 0.15) is 5.82 Å². The number of sulfonamides is 1. The summed E-state index contributed by atoms with van der Waals surface area (Å²) in [6, 6.07) is 8.66. The van der Waals surface area contributed by atoms with Gasteiger partial charge >= 0.3 is 0 Å². The van der Waals surface area contributed by atoms with Gasteiger partial charge in [-0.2, -0.15) is 0 Å². The molecule has 2 heterocycles. The van der Waals surface area contributed by atoms with Gasteiger partial charge in [-0.15, -0.1) is 0 Å². The fraction of sp³-hybridized carbons (Fsp3) is 0.412. The van der Waals surface area contributed by atoms with Gasteiger partial charge in [0.2, 0.25) is 10.0 Å². The van der Waals surface area contributed by atoms with Crippen molar-refractivity contribution >= 4 is 10.0 Å². The number of ether oxygens (including phenoxy) is 1. The summed E-state index contributed by atoms with van der Waals surface area (Å²) in [5.41, 5.74) is 1.03. The smallest absolute Gasteiger partial charge is 0.240 e. The van der Waals surface area contributed by atoms with Crippen LogP contribution in [0.5, 0.6) is 0 Å². The molecule has 0 saturated carbocycles. The van der Waals surface area contributed by atoms with E-state index in [1.54, 1.807) is 0 Å². The minimum absolute atomic E-state index is 0.0570. The highest BCUT2D eigenvalue weighted by Gasteiger charge is 2.26. The van der Waals surface area contributed by atoms with E-state index in [9.17, 15) is 12.8 Å². The summed E-state index contributed by atoms with van der Waals surface area (Å²) >= 11 is 0. The number of aryl methyl sites for hydroxylation is 1. The lowest BCUT2D eigenvalue weighted by Crippen LogP contribution is -2.44. The maximum absolute atomic E-state index is 13.0. The molecule has 136 valence electrons. The highest BCUT2D eigenvalue weighted by molar-refractivity contribution is 7.89. The van der Waals surface area contributed by atoms with Crippen LogP contribution in [0.2, 0.25) is 0 Å². The highest BCUT2D eigenvalue weighted by atomic mass is 32.2. The molecule has 1 aromatic heterocycles. The second-order valence-electron chi connectivity index (χ2n) is 6.01. The van der Waals surface area contributed by atoms with E-state index in [2.05, 4.69) is 9.62 Å². The predicted molar refractivity (Wildman–Crippen MR) is 92.1 cm³/mol. The van der Waals surface area contributed by atoms with Crippen molar-refractivity contribution < 1.29 is 17.5 Å². The zero-order valence-corrected chi connectivity index (χ0v) is 14.9. The molecule has 1 unspecified atom stereocenters. The van der Waals surface area contributed by atoms with Gasteiger partial charge in [0.05, 0.1) is 24.2 Å². The van der Waals surface area contributed by atoms with Crippen molar-refractivity contribution in [3.05, 3.63) is 54.1 Å². The van der Waals surface area contributed by atoms with Crippen LogP contribution in [-0.2, 0) is 21.8 Å². The van der Waals surface area contributed by atoms with Gasteiger partial charge in [-0.1, -0.05) is 0 Å². The summed E-state index contributed by atoms with van der Waals surface area (Å²) in [4.78, 5) is 2.27. The molecule has 1 aliphatic rings. The lowest BCUT2D eigenvalue weighted by Gasteiger charge is -2.34. The zero-order chi connectivity index (χ0) is 17.9. The first-order valence-corrected chi connectivity index (χ1v) is 9.64. The minimum atomic E-state index is -3.70. The molecule has 0 radical (unpaired) electrons. The normalized spacial score (nSPS) is 17.5. The average Bonchev–Trinajstić information content (AvgIpc) is 3.02. The Labute approximate surface area is 147 Å². The molecule has 1 aromatic carbocycles. The van der Waals surface area contributed by atoms with Crippen molar-refractivity contribution in [3.8, 4) is 0 Å². The van der Waals surface area contributed by atoms with E-state index < -0.39 is 15.8 Å². The molecule has 2 aromatic rings.